The largest absolute Gasteiger partial charge is 0.462 e. The molecule has 1 amide bonds. The van der Waals surface area contributed by atoms with Gasteiger partial charge in [-0.15, -0.1) is 5.10 Å². The molecule has 0 unspecified atom stereocenters. The lowest BCUT2D eigenvalue weighted by Gasteiger charge is -2.10. The van der Waals surface area contributed by atoms with Crippen LogP contribution in [0.4, 0.5) is 23.2 Å². The maximum atomic E-state index is 13.7. The minimum Gasteiger partial charge on any atom is -0.462 e. The summed E-state index contributed by atoms with van der Waals surface area (Å²) in [7, 11) is 0. The second-order valence-corrected chi connectivity index (χ2v) is 6.93. The third kappa shape index (κ3) is 4.70. The van der Waals surface area contributed by atoms with E-state index in [1.165, 1.54) is 36.4 Å². The van der Waals surface area contributed by atoms with E-state index in [1.54, 1.807) is 6.92 Å². The third-order valence-corrected chi connectivity index (χ3v) is 4.58. The van der Waals surface area contributed by atoms with Gasteiger partial charge < -0.3 is 10.1 Å². The molecule has 0 saturated heterocycles. The molecule has 0 aliphatic heterocycles. The summed E-state index contributed by atoms with van der Waals surface area (Å²) in [6, 6.07) is 11.2. The van der Waals surface area contributed by atoms with Gasteiger partial charge in [-0.2, -0.15) is 22.7 Å². The van der Waals surface area contributed by atoms with E-state index in [1.807, 2.05) is 0 Å². The fraction of sp³-hybridized carbons (Fsp3) is 0.136. The van der Waals surface area contributed by atoms with Gasteiger partial charge in [0.05, 0.1) is 17.9 Å². The summed E-state index contributed by atoms with van der Waals surface area (Å²) in [5.41, 5.74) is -0.758. The molecule has 0 atom stereocenters. The zero-order chi connectivity index (χ0) is 24.5. The predicted molar refractivity (Wildman–Crippen MR) is 112 cm³/mol. The van der Waals surface area contributed by atoms with Crippen molar-refractivity contribution in [3.63, 3.8) is 0 Å². The summed E-state index contributed by atoms with van der Waals surface area (Å²) in [6.45, 7) is 1.80. The highest BCUT2D eigenvalue weighted by Gasteiger charge is 2.36. The molecule has 1 N–H and O–H groups in total. The van der Waals surface area contributed by atoms with Crippen LogP contribution in [0.2, 0.25) is 0 Å². The van der Waals surface area contributed by atoms with Crippen LogP contribution >= 0.6 is 0 Å². The quantitative estimate of drug-likeness (QED) is 0.341. The second kappa shape index (κ2) is 8.89. The molecule has 34 heavy (non-hydrogen) atoms. The summed E-state index contributed by atoms with van der Waals surface area (Å²) >= 11 is 0. The molecule has 0 spiro atoms. The Hall–Kier alpha value is -4.35. The van der Waals surface area contributed by atoms with Crippen molar-refractivity contribution in [2.45, 2.75) is 13.1 Å². The number of hydrogen-bond donors (Lipinski definition) is 1. The molecule has 0 bridgehead atoms. The molecule has 0 aliphatic rings. The van der Waals surface area contributed by atoms with Crippen molar-refractivity contribution < 1.29 is 31.9 Å². The van der Waals surface area contributed by atoms with Crippen molar-refractivity contribution in [2.75, 3.05) is 11.9 Å². The van der Waals surface area contributed by atoms with Crippen LogP contribution in [0.25, 0.3) is 17.0 Å². The van der Waals surface area contributed by atoms with Crippen molar-refractivity contribution in [2.24, 2.45) is 0 Å². The second-order valence-electron chi connectivity index (χ2n) is 6.93. The standard InChI is InChI=1S/C22H15F4N5O3/c1-2-34-20(33)13-4-3-5-15(10-13)27-19(32)18-29-21-28-16(12-6-8-14(23)9-7-12)11-17(22(24,25)26)31(21)30-18/h3-11H,2H2,1H3,(H,27,32). The number of carbonyl (C=O) groups excluding carboxylic acids is 2. The van der Waals surface area contributed by atoms with Crippen LogP contribution in [0.15, 0.2) is 54.6 Å². The highest BCUT2D eigenvalue weighted by molar-refractivity contribution is 6.02. The van der Waals surface area contributed by atoms with E-state index in [9.17, 15) is 27.2 Å². The Labute approximate surface area is 189 Å². The van der Waals surface area contributed by atoms with Crippen LogP contribution in [0.1, 0.15) is 33.6 Å². The van der Waals surface area contributed by atoms with Gasteiger partial charge in [-0.25, -0.2) is 14.2 Å². The van der Waals surface area contributed by atoms with Crippen LogP contribution in [0, 0.1) is 5.82 Å². The Bertz CT molecular complexity index is 1380. The maximum absolute atomic E-state index is 13.7. The number of rotatable bonds is 5. The van der Waals surface area contributed by atoms with Crippen molar-refractivity contribution in [3.05, 3.63) is 77.5 Å². The van der Waals surface area contributed by atoms with Gasteiger partial charge in [-0.3, -0.25) is 4.79 Å². The average molecular weight is 473 g/mol. The number of nitrogens with one attached hydrogen (secondary N) is 1. The first-order valence-corrected chi connectivity index (χ1v) is 9.85. The molecule has 0 fully saturated rings. The Morgan fingerprint density at radius 2 is 1.79 bits per heavy atom. The maximum Gasteiger partial charge on any atom is 0.433 e. The molecule has 12 heteroatoms. The Morgan fingerprint density at radius 1 is 1.06 bits per heavy atom. The number of hydrogen-bond acceptors (Lipinski definition) is 6. The van der Waals surface area contributed by atoms with E-state index in [0.29, 0.717) is 4.52 Å². The van der Waals surface area contributed by atoms with Gasteiger partial charge in [-0.1, -0.05) is 6.07 Å². The SMILES string of the molecule is CCOC(=O)c1cccc(NC(=O)c2nc3nc(-c4ccc(F)cc4)cc(C(F)(F)F)n3n2)c1. The molecule has 0 radical (unpaired) electrons. The van der Waals surface area contributed by atoms with Crippen LogP contribution in [-0.2, 0) is 10.9 Å². The lowest BCUT2D eigenvalue weighted by Crippen LogP contribution is -2.16. The molecule has 4 rings (SSSR count). The number of amides is 1. The highest BCUT2D eigenvalue weighted by atomic mass is 19.4. The molecule has 0 saturated carbocycles. The summed E-state index contributed by atoms with van der Waals surface area (Å²) in [5, 5.41) is 6.10. The number of esters is 1. The molecule has 8 nitrogen and oxygen atoms in total. The predicted octanol–water partition coefficient (Wildman–Crippen LogP) is 4.38. The molecule has 0 aliphatic carbocycles. The van der Waals surface area contributed by atoms with E-state index in [0.717, 1.165) is 18.2 Å². The minimum atomic E-state index is -4.84. The third-order valence-electron chi connectivity index (χ3n) is 4.58. The van der Waals surface area contributed by atoms with Gasteiger partial charge in [0.2, 0.25) is 5.82 Å². The Morgan fingerprint density at radius 3 is 2.47 bits per heavy atom. The average Bonchev–Trinajstić information content (AvgIpc) is 3.23. The van der Waals surface area contributed by atoms with Crippen LogP contribution in [0.5, 0.6) is 0 Å². The Kier molecular flexibility index (Phi) is 5.97. The molecular formula is C22H15F4N5O3. The van der Waals surface area contributed by atoms with Gasteiger partial charge in [0, 0.05) is 11.3 Å². The normalized spacial score (nSPS) is 11.4. The first-order chi connectivity index (χ1) is 16.2. The van der Waals surface area contributed by atoms with E-state index in [-0.39, 0.29) is 29.1 Å². The van der Waals surface area contributed by atoms with Crippen LogP contribution < -0.4 is 5.32 Å². The topological polar surface area (TPSA) is 98.5 Å². The fourth-order valence-corrected chi connectivity index (χ4v) is 3.06. The van der Waals surface area contributed by atoms with E-state index >= 15 is 0 Å². The van der Waals surface area contributed by atoms with Gasteiger partial charge in [0.15, 0.2) is 5.69 Å². The number of aromatic nitrogens is 4. The van der Waals surface area contributed by atoms with Crippen molar-refractivity contribution >= 4 is 23.3 Å². The highest BCUT2D eigenvalue weighted by Crippen LogP contribution is 2.32. The number of benzene rings is 2. The molecule has 2 aromatic heterocycles. The molecule has 2 aromatic carbocycles. The molecule has 174 valence electrons. The smallest absolute Gasteiger partial charge is 0.433 e. The number of anilines is 1. The lowest BCUT2D eigenvalue weighted by atomic mass is 10.1. The number of halogens is 4. The Balaban J connectivity index is 1.70. The van der Waals surface area contributed by atoms with Gasteiger partial charge >= 0.3 is 12.1 Å². The first kappa shape index (κ1) is 22.8. The summed E-state index contributed by atoms with van der Waals surface area (Å²) < 4.78 is 59.6. The number of carbonyl (C=O) groups is 2. The first-order valence-electron chi connectivity index (χ1n) is 9.85. The zero-order valence-corrected chi connectivity index (χ0v) is 17.4. The molecule has 2 heterocycles. The zero-order valence-electron chi connectivity index (χ0n) is 17.4. The number of alkyl halides is 3. The van der Waals surface area contributed by atoms with E-state index < -0.39 is 41.2 Å². The number of nitrogens with zero attached hydrogens (tertiary/aromatic N) is 4. The van der Waals surface area contributed by atoms with Crippen LogP contribution in [-0.4, -0.2) is 38.1 Å². The van der Waals surface area contributed by atoms with E-state index in [4.69, 9.17) is 4.74 Å². The number of fused-ring (bicyclic) bond motifs is 1. The fourth-order valence-electron chi connectivity index (χ4n) is 3.06. The monoisotopic (exact) mass is 473 g/mol. The van der Waals surface area contributed by atoms with Gasteiger partial charge in [0.1, 0.15) is 5.82 Å². The van der Waals surface area contributed by atoms with Crippen molar-refractivity contribution in [1.82, 2.24) is 19.6 Å². The summed E-state index contributed by atoms with van der Waals surface area (Å²) in [5.74, 6) is -3.12. The number of ether oxygens (including phenoxy) is 1. The minimum absolute atomic E-state index is 0.124. The molecular weight excluding hydrogens is 458 g/mol. The van der Waals surface area contributed by atoms with Crippen molar-refractivity contribution in [3.8, 4) is 11.3 Å². The van der Waals surface area contributed by atoms with E-state index in [2.05, 4.69) is 20.4 Å². The van der Waals surface area contributed by atoms with Crippen molar-refractivity contribution in [1.29, 1.82) is 0 Å². The van der Waals surface area contributed by atoms with Gasteiger partial charge in [-0.05, 0) is 55.5 Å². The van der Waals surface area contributed by atoms with Gasteiger partial charge in [0.25, 0.3) is 11.7 Å². The van der Waals surface area contributed by atoms with Crippen LogP contribution in [0.3, 0.4) is 0 Å². The molecule has 4 aromatic rings. The lowest BCUT2D eigenvalue weighted by molar-refractivity contribution is -0.142. The summed E-state index contributed by atoms with van der Waals surface area (Å²) in [4.78, 5) is 32.4. The summed E-state index contributed by atoms with van der Waals surface area (Å²) in [6.07, 6.45) is -4.84.